The quantitative estimate of drug-likeness (QED) is 0.901. The molecule has 0 saturated carbocycles. The van der Waals surface area contributed by atoms with Gasteiger partial charge in [0.05, 0.1) is 10.2 Å². The van der Waals surface area contributed by atoms with Crippen molar-refractivity contribution in [2.24, 2.45) is 16.6 Å². The van der Waals surface area contributed by atoms with E-state index < -0.39 is 0 Å². The van der Waals surface area contributed by atoms with Gasteiger partial charge in [0.1, 0.15) is 5.01 Å². The van der Waals surface area contributed by atoms with Gasteiger partial charge in [0.25, 0.3) is 0 Å². The Labute approximate surface area is 111 Å². The summed E-state index contributed by atoms with van der Waals surface area (Å²) in [5.74, 6) is 0.723. The number of aromatic nitrogens is 1. The molecule has 1 unspecified atom stereocenters. The third kappa shape index (κ3) is 2.18. The Morgan fingerprint density at radius 3 is 3.06 bits per heavy atom. The van der Waals surface area contributed by atoms with Crippen LogP contribution in [0, 0.1) is 5.92 Å². The minimum Gasteiger partial charge on any atom is -0.325 e. The molecule has 3 rings (SSSR count). The van der Waals surface area contributed by atoms with E-state index in [9.17, 15) is 0 Å². The lowest BCUT2D eigenvalue weighted by Crippen LogP contribution is -2.14. The molecule has 0 spiro atoms. The number of hydrogen-bond acceptors (Lipinski definition) is 4. The van der Waals surface area contributed by atoms with Gasteiger partial charge in [-0.1, -0.05) is 13.0 Å². The van der Waals surface area contributed by atoms with Crippen molar-refractivity contribution in [3.05, 3.63) is 28.8 Å². The number of aliphatic imine (C=N–C) groups is 1. The summed E-state index contributed by atoms with van der Waals surface area (Å²) in [4.78, 5) is 9.22. The fourth-order valence-electron chi connectivity index (χ4n) is 2.30. The molecular weight excluding hydrogens is 242 g/mol. The molecule has 0 bridgehead atoms. The zero-order valence-electron chi connectivity index (χ0n) is 10.5. The second-order valence-electron chi connectivity index (χ2n) is 4.93. The molecule has 1 aliphatic rings. The number of rotatable bonds is 2. The Bertz CT molecular complexity index is 600. The van der Waals surface area contributed by atoms with Gasteiger partial charge in [0.15, 0.2) is 0 Å². The fourth-order valence-corrected chi connectivity index (χ4v) is 3.12. The first-order valence-corrected chi connectivity index (χ1v) is 7.21. The first kappa shape index (κ1) is 11.8. The Hall–Kier alpha value is -1.26. The molecule has 0 aliphatic carbocycles. The lowest BCUT2D eigenvalue weighted by Gasteiger charge is -2.17. The molecule has 0 fully saturated rings. The summed E-state index contributed by atoms with van der Waals surface area (Å²) >= 11 is 1.68. The van der Waals surface area contributed by atoms with E-state index in [2.05, 4.69) is 35.1 Å². The van der Waals surface area contributed by atoms with Crippen molar-refractivity contribution < 1.29 is 0 Å². The van der Waals surface area contributed by atoms with E-state index in [1.807, 2.05) is 0 Å². The van der Waals surface area contributed by atoms with Gasteiger partial charge >= 0.3 is 0 Å². The van der Waals surface area contributed by atoms with Crippen LogP contribution < -0.4 is 5.73 Å². The zero-order valence-corrected chi connectivity index (χ0v) is 11.3. The SMILES string of the molecule is CC1CCC(c2ccc3sc(CN)nc3c2)=NC1. The predicted molar refractivity (Wildman–Crippen MR) is 77.3 cm³/mol. The molecule has 1 atom stereocenters. The highest BCUT2D eigenvalue weighted by Gasteiger charge is 2.14. The second kappa shape index (κ2) is 4.78. The predicted octanol–water partition coefficient (Wildman–Crippen LogP) is 2.97. The summed E-state index contributed by atoms with van der Waals surface area (Å²) in [6, 6.07) is 6.46. The van der Waals surface area contributed by atoms with Gasteiger partial charge in [-0.05, 0) is 36.5 Å². The summed E-state index contributed by atoms with van der Waals surface area (Å²) in [5, 5.41) is 1.00. The minimum absolute atomic E-state index is 0.521. The molecule has 3 nitrogen and oxygen atoms in total. The van der Waals surface area contributed by atoms with Crippen LogP contribution in [0.15, 0.2) is 23.2 Å². The van der Waals surface area contributed by atoms with Gasteiger partial charge in [-0.3, -0.25) is 4.99 Å². The van der Waals surface area contributed by atoms with Crippen LogP contribution in [-0.2, 0) is 6.54 Å². The van der Waals surface area contributed by atoms with Crippen molar-refractivity contribution in [2.75, 3.05) is 6.54 Å². The van der Waals surface area contributed by atoms with Crippen molar-refractivity contribution >= 4 is 27.3 Å². The van der Waals surface area contributed by atoms with E-state index in [1.54, 1.807) is 11.3 Å². The number of thiazole rings is 1. The van der Waals surface area contributed by atoms with Crippen molar-refractivity contribution in [1.29, 1.82) is 0 Å². The maximum atomic E-state index is 5.63. The van der Waals surface area contributed by atoms with Crippen LogP contribution in [0.25, 0.3) is 10.2 Å². The van der Waals surface area contributed by atoms with Crippen molar-refractivity contribution in [1.82, 2.24) is 4.98 Å². The van der Waals surface area contributed by atoms with Crippen molar-refractivity contribution in [3.8, 4) is 0 Å². The zero-order chi connectivity index (χ0) is 12.5. The molecular formula is C14H17N3S. The molecule has 1 aromatic heterocycles. The molecule has 1 aromatic carbocycles. The van der Waals surface area contributed by atoms with Crippen LogP contribution in [-0.4, -0.2) is 17.2 Å². The molecule has 2 aromatic rings. The number of nitrogens with zero attached hydrogens (tertiary/aromatic N) is 2. The van der Waals surface area contributed by atoms with E-state index in [4.69, 9.17) is 5.73 Å². The molecule has 4 heteroatoms. The van der Waals surface area contributed by atoms with Gasteiger partial charge in [0.2, 0.25) is 0 Å². The Balaban J connectivity index is 1.97. The highest BCUT2D eigenvalue weighted by molar-refractivity contribution is 7.18. The lowest BCUT2D eigenvalue weighted by atomic mass is 9.96. The van der Waals surface area contributed by atoms with E-state index in [-0.39, 0.29) is 0 Å². The van der Waals surface area contributed by atoms with E-state index >= 15 is 0 Å². The maximum Gasteiger partial charge on any atom is 0.107 e. The normalized spacial score (nSPS) is 20.1. The molecule has 18 heavy (non-hydrogen) atoms. The summed E-state index contributed by atoms with van der Waals surface area (Å²) in [6.45, 7) is 3.74. The summed E-state index contributed by atoms with van der Waals surface area (Å²) < 4.78 is 1.21. The Morgan fingerprint density at radius 1 is 1.44 bits per heavy atom. The standard InChI is InChI=1S/C14H17N3S/c1-9-2-4-11(16-8-9)10-3-5-13-12(6-10)17-14(7-15)18-13/h3,5-6,9H,2,4,7-8,15H2,1H3. The molecule has 2 N–H and O–H groups in total. The van der Waals surface area contributed by atoms with Gasteiger partial charge in [-0.15, -0.1) is 11.3 Å². The van der Waals surface area contributed by atoms with E-state index in [0.29, 0.717) is 6.54 Å². The molecule has 94 valence electrons. The molecule has 1 aliphatic heterocycles. The lowest BCUT2D eigenvalue weighted by molar-refractivity contribution is 0.538. The summed E-state index contributed by atoms with van der Waals surface area (Å²) in [7, 11) is 0. The third-order valence-electron chi connectivity index (χ3n) is 3.41. The number of nitrogens with two attached hydrogens (primary N) is 1. The first-order valence-electron chi connectivity index (χ1n) is 6.39. The number of fused-ring (bicyclic) bond motifs is 1. The molecule has 0 amide bonds. The minimum atomic E-state index is 0.521. The summed E-state index contributed by atoms with van der Waals surface area (Å²) in [5.41, 5.74) is 9.15. The smallest absolute Gasteiger partial charge is 0.107 e. The van der Waals surface area contributed by atoms with Gasteiger partial charge in [-0.2, -0.15) is 0 Å². The Kier molecular flexibility index (Phi) is 3.14. The molecule has 0 saturated heterocycles. The van der Waals surface area contributed by atoms with Crippen molar-refractivity contribution in [3.63, 3.8) is 0 Å². The van der Waals surface area contributed by atoms with Crippen LogP contribution in [0.5, 0.6) is 0 Å². The molecule has 0 radical (unpaired) electrons. The topological polar surface area (TPSA) is 51.3 Å². The second-order valence-corrected chi connectivity index (χ2v) is 6.04. The van der Waals surface area contributed by atoms with Crippen LogP contribution in [0.1, 0.15) is 30.3 Å². The average molecular weight is 259 g/mol. The van der Waals surface area contributed by atoms with Crippen LogP contribution in [0.2, 0.25) is 0 Å². The van der Waals surface area contributed by atoms with Crippen LogP contribution in [0.3, 0.4) is 0 Å². The van der Waals surface area contributed by atoms with Gasteiger partial charge < -0.3 is 5.73 Å². The maximum absolute atomic E-state index is 5.63. The highest BCUT2D eigenvalue weighted by atomic mass is 32.1. The van der Waals surface area contributed by atoms with E-state index in [1.165, 1.54) is 22.4 Å². The number of hydrogen-bond donors (Lipinski definition) is 1. The van der Waals surface area contributed by atoms with Gasteiger partial charge in [0, 0.05) is 18.8 Å². The van der Waals surface area contributed by atoms with Crippen molar-refractivity contribution in [2.45, 2.75) is 26.3 Å². The summed E-state index contributed by atoms with van der Waals surface area (Å²) in [6.07, 6.45) is 2.32. The monoisotopic (exact) mass is 259 g/mol. The molecule has 2 heterocycles. The fraction of sp³-hybridized carbons (Fsp3) is 0.429. The third-order valence-corrected chi connectivity index (χ3v) is 4.47. The first-order chi connectivity index (χ1) is 8.76. The van der Waals surface area contributed by atoms with Gasteiger partial charge in [-0.25, -0.2) is 4.98 Å². The van der Waals surface area contributed by atoms with Crippen LogP contribution in [0.4, 0.5) is 0 Å². The van der Waals surface area contributed by atoms with Crippen LogP contribution >= 0.6 is 11.3 Å². The average Bonchev–Trinajstić information content (AvgIpc) is 2.81. The van der Waals surface area contributed by atoms with E-state index in [0.717, 1.165) is 29.4 Å². The highest BCUT2D eigenvalue weighted by Crippen LogP contribution is 2.25. The Morgan fingerprint density at radius 2 is 2.33 bits per heavy atom. The number of benzene rings is 1. The largest absolute Gasteiger partial charge is 0.325 e.